The molecule has 132 valence electrons. The molecule has 0 aliphatic carbocycles. The molecule has 1 N–H and O–H groups in total. The van der Waals surface area contributed by atoms with Gasteiger partial charge >= 0.3 is 12.1 Å². The van der Waals surface area contributed by atoms with Gasteiger partial charge in [0.05, 0.1) is 5.56 Å². The summed E-state index contributed by atoms with van der Waals surface area (Å²) in [4.78, 5) is 26.9. The Hall–Kier alpha value is -2.15. The molecule has 1 aromatic rings. The highest BCUT2D eigenvalue weighted by atomic mass is 19.1. The fourth-order valence-electron chi connectivity index (χ4n) is 2.56. The lowest BCUT2D eigenvalue weighted by atomic mass is 10.1. The quantitative estimate of drug-likeness (QED) is 0.917. The second-order valence-corrected chi connectivity index (χ2v) is 6.85. The Morgan fingerprint density at radius 2 is 1.83 bits per heavy atom. The largest absolute Gasteiger partial charge is 0.478 e. The van der Waals surface area contributed by atoms with Crippen LogP contribution in [0.5, 0.6) is 0 Å². The van der Waals surface area contributed by atoms with Crippen molar-refractivity contribution in [2.75, 3.05) is 26.2 Å². The Kier molecular flexibility index (Phi) is 5.43. The van der Waals surface area contributed by atoms with E-state index in [0.717, 1.165) is 6.07 Å². The Balaban J connectivity index is 1.95. The van der Waals surface area contributed by atoms with E-state index < -0.39 is 17.4 Å². The van der Waals surface area contributed by atoms with Crippen molar-refractivity contribution in [1.82, 2.24) is 9.80 Å². The van der Waals surface area contributed by atoms with Gasteiger partial charge in [0.15, 0.2) is 0 Å². The molecule has 0 saturated carbocycles. The Morgan fingerprint density at radius 1 is 1.21 bits per heavy atom. The Morgan fingerprint density at radius 3 is 2.38 bits per heavy atom. The van der Waals surface area contributed by atoms with Gasteiger partial charge in [-0.25, -0.2) is 14.0 Å². The highest BCUT2D eigenvalue weighted by Gasteiger charge is 2.26. The lowest BCUT2D eigenvalue weighted by molar-refractivity contribution is 0.0139. The molecule has 1 amide bonds. The van der Waals surface area contributed by atoms with Gasteiger partial charge in [0, 0.05) is 32.7 Å². The molecule has 0 bridgehead atoms. The van der Waals surface area contributed by atoms with E-state index in [1.807, 2.05) is 25.7 Å². The summed E-state index contributed by atoms with van der Waals surface area (Å²) in [6.45, 7) is 7.93. The van der Waals surface area contributed by atoms with E-state index in [9.17, 15) is 19.1 Å². The number of carbonyl (C=O) groups excluding carboxylic acids is 1. The van der Waals surface area contributed by atoms with Crippen LogP contribution in [-0.2, 0) is 11.3 Å². The van der Waals surface area contributed by atoms with Crippen LogP contribution in [0.4, 0.5) is 9.18 Å². The first-order valence-electron chi connectivity index (χ1n) is 7.88. The summed E-state index contributed by atoms with van der Waals surface area (Å²) in [5, 5.41) is 9.20. The number of carboxylic acids is 1. The first-order valence-corrected chi connectivity index (χ1v) is 7.88. The molecule has 1 fully saturated rings. The first kappa shape index (κ1) is 18.2. The number of ether oxygens (including phenoxy) is 1. The highest BCUT2D eigenvalue weighted by Crippen LogP contribution is 2.17. The van der Waals surface area contributed by atoms with Crippen molar-refractivity contribution in [3.05, 3.63) is 35.1 Å². The summed E-state index contributed by atoms with van der Waals surface area (Å²) in [6.07, 6.45) is -0.348. The SMILES string of the molecule is CC(C)(C)OC(=O)N1CCN(Cc2cc(F)ccc2C(=O)O)CC1. The lowest BCUT2D eigenvalue weighted by Crippen LogP contribution is -2.49. The number of nitrogens with zero attached hydrogens (tertiary/aromatic N) is 2. The van der Waals surface area contributed by atoms with Crippen LogP contribution in [0.15, 0.2) is 18.2 Å². The molecule has 1 aliphatic heterocycles. The predicted octanol–water partition coefficient (Wildman–Crippen LogP) is 2.58. The molecule has 24 heavy (non-hydrogen) atoms. The lowest BCUT2D eigenvalue weighted by Gasteiger charge is -2.35. The topological polar surface area (TPSA) is 70.1 Å². The molecule has 2 rings (SSSR count). The van der Waals surface area contributed by atoms with Crippen LogP contribution in [0.1, 0.15) is 36.7 Å². The molecule has 1 saturated heterocycles. The van der Waals surface area contributed by atoms with Crippen LogP contribution < -0.4 is 0 Å². The van der Waals surface area contributed by atoms with Crippen LogP contribution in [0, 0.1) is 5.82 Å². The van der Waals surface area contributed by atoms with E-state index in [1.54, 1.807) is 4.90 Å². The Labute approximate surface area is 140 Å². The van der Waals surface area contributed by atoms with E-state index in [-0.39, 0.29) is 11.7 Å². The minimum atomic E-state index is -1.07. The summed E-state index contributed by atoms with van der Waals surface area (Å²) in [5.41, 5.74) is 0.00537. The normalized spacial score (nSPS) is 16.1. The summed E-state index contributed by atoms with van der Waals surface area (Å²) >= 11 is 0. The number of carbonyl (C=O) groups is 2. The number of rotatable bonds is 3. The number of amides is 1. The molecule has 1 aliphatic rings. The van der Waals surface area contributed by atoms with Crippen LogP contribution in [0.2, 0.25) is 0 Å². The van der Waals surface area contributed by atoms with E-state index in [1.165, 1.54) is 12.1 Å². The zero-order valence-electron chi connectivity index (χ0n) is 14.2. The Bertz CT molecular complexity index is 620. The number of halogens is 1. The van der Waals surface area contributed by atoms with Gasteiger partial charge in [0.2, 0.25) is 0 Å². The van der Waals surface area contributed by atoms with Crippen LogP contribution >= 0.6 is 0 Å². The molecule has 0 radical (unpaired) electrons. The zero-order valence-corrected chi connectivity index (χ0v) is 14.2. The average Bonchev–Trinajstić information content (AvgIpc) is 2.46. The zero-order chi connectivity index (χ0) is 17.9. The van der Waals surface area contributed by atoms with E-state index in [0.29, 0.717) is 38.3 Å². The van der Waals surface area contributed by atoms with E-state index in [4.69, 9.17) is 4.74 Å². The maximum atomic E-state index is 13.4. The fraction of sp³-hybridized carbons (Fsp3) is 0.529. The number of hydrogen-bond acceptors (Lipinski definition) is 4. The van der Waals surface area contributed by atoms with Gasteiger partial charge in [0.25, 0.3) is 0 Å². The summed E-state index contributed by atoms with van der Waals surface area (Å²) in [7, 11) is 0. The van der Waals surface area contributed by atoms with Crippen molar-refractivity contribution in [2.45, 2.75) is 32.9 Å². The van der Waals surface area contributed by atoms with Gasteiger partial charge in [-0.2, -0.15) is 0 Å². The summed E-state index contributed by atoms with van der Waals surface area (Å²) < 4.78 is 18.7. The molecular formula is C17H23FN2O4. The summed E-state index contributed by atoms with van der Waals surface area (Å²) in [6, 6.07) is 3.68. The average molecular weight is 338 g/mol. The number of benzene rings is 1. The van der Waals surface area contributed by atoms with Gasteiger partial charge in [-0.3, -0.25) is 4.90 Å². The first-order chi connectivity index (χ1) is 11.2. The highest BCUT2D eigenvalue weighted by molar-refractivity contribution is 5.89. The van der Waals surface area contributed by atoms with Crippen LogP contribution in [-0.4, -0.2) is 58.7 Å². The minimum absolute atomic E-state index is 0.103. The molecular weight excluding hydrogens is 315 g/mol. The molecule has 0 atom stereocenters. The van der Waals surface area contributed by atoms with Crippen molar-refractivity contribution in [2.24, 2.45) is 0 Å². The molecule has 7 heteroatoms. The molecule has 6 nitrogen and oxygen atoms in total. The molecule has 0 spiro atoms. The maximum Gasteiger partial charge on any atom is 0.410 e. The van der Waals surface area contributed by atoms with Crippen LogP contribution in [0.3, 0.4) is 0 Å². The number of piperazine rings is 1. The van der Waals surface area contributed by atoms with Gasteiger partial charge in [0.1, 0.15) is 11.4 Å². The molecule has 1 heterocycles. The minimum Gasteiger partial charge on any atom is -0.478 e. The van der Waals surface area contributed by atoms with Gasteiger partial charge < -0.3 is 14.7 Å². The fourth-order valence-corrected chi connectivity index (χ4v) is 2.56. The second kappa shape index (κ2) is 7.17. The summed E-state index contributed by atoms with van der Waals surface area (Å²) in [5.74, 6) is -1.53. The number of hydrogen-bond donors (Lipinski definition) is 1. The number of carboxylic acid groups (broad SMARTS) is 1. The van der Waals surface area contributed by atoms with E-state index >= 15 is 0 Å². The molecule has 0 aromatic heterocycles. The smallest absolute Gasteiger partial charge is 0.410 e. The van der Waals surface area contributed by atoms with Crippen molar-refractivity contribution in [3.63, 3.8) is 0 Å². The number of aromatic carboxylic acids is 1. The van der Waals surface area contributed by atoms with Crippen molar-refractivity contribution < 1.29 is 23.8 Å². The molecule has 0 unspecified atom stereocenters. The van der Waals surface area contributed by atoms with Crippen molar-refractivity contribution in [1.29, 1.82) is 0 Å². The molecule has 1 aromatic carbocycles. The van der Waals surface area contributed by atoms with Gasteiger partial charge in [-0.05, 0) is 44.5 Å². The van der Waals surface area contributed by atoms with E-state index in [2.05, 4.69) is 0 Å². The standard InChI is InChI=1S/C17H23FN2O4/c1-17(2,3)24-16(23)20-8-6-19(7-9-20)11-12-10-13(18)4-5-14(12)15(21)22/h4-5,10H,6-9,11H2,1-3H3,(H,21,22). The van der Waals surface area contributed by atoms with Crippen molar-refractivity contribution >= 4 is 12.1 Å². The van der Waals surface area contributed by atoms with Crippen molar-refractivity contribution in [3.8, 4) is 0 Å². The second-order valence-electron chi connectivity index (χ2n) is 6.85. The van der Waals surface area contributed by atoms with Crippen LogP contribution in [0.25, 0.3) is 0 Å². The monoisotopic (exact) mass is 338 g/mol. The third-order valence-corrected chi connectivity index (χ3v) is 3.72. The van der Waals surface area contributed by atoms with Gasteiger partial charge in [-0.1, -0.05) is 0 Å². The maximum absolute atomic E-state index is 13.4. The van der Waals surface area contributed by atoms with Gasteiger partial charge in [-0.15, -0.1) is 0 Å². The predicted molar refractivity (Wildman–Crippen MR) is 86.4 cm³/mol. The third-order valence-electron chi connectivity index (χ3n) is 3.72. The third kappa shape index (κ3) is 4.92.